The zero-order valence-electron chi connectivity index (χ0n) is 18.2. The van der Waals surface area contributed by atoms with E-state index in [2.05, 4.69) is 31.0 Å². The van der Waals surface area contributed by atoms with Crippen molar-refractivity contribution < 1.29 is 37.3 Å². The van der Waals surface area contributed by atoms with Gasteiger partial charge in [0.25, 0.3) is 11.8 Å². The van der Waals surface area contributed by atoms with Crippen molar-refractivity contribution in [3.05, 3.63) is 22.5 Å². The molecule has 1 saturated carbocycles. The minimum Gasteiger partial charge on any atom is -0.478 e. The smallest absolute Gasteiger partial charge is 0.362 e. The Morgan fingerprint density at radius 1 is 1.33 bits per heavy atom. The number of amides is 2. The van der Waals surface area contributed by atoms with Gasteiger partial charge >= 0.3 is 16.3 Å². The number of β-lactam (4-membered cyclic amide) rings is 1. The first-order valence-electron chi connectivity index (χ1n) is 10.4. The van der Waals surface area contributed by atoms with Gasteiger partial charge in [-0.2, -0.15) is 23.4 Å². The molecule has 4 heterocycles. The number of hydrogen-bond acceptors (Lipinski definition) is 13. The molecule has 2 amide bonds. The lowest BCUT2D eigenvalue weighted by atomic mass is 9.98. The van der Waals surface area contributed by atoms with E-state index in [1.807, 2.05) is 0 Å². The van der Waals surface area contributed by atoms with Crippen LogP contribution in [-0.2, 0) is 49.2 Å². The first-order valence-corrected chi connectivity index (χ1v) is 12.7. The number of oxime groups is 1. The summed E-state index contributed by atoms with van der Waals surface area (Å²) in [6.07, 6.45) is 0.367. The molecule has 1 saturated heterocycles. The average molecular weight is 542 g/mol. The number of nitrogens with one attached hydrogen (secondary N) is 2. The number of aromatic nitrogens is 4. The van der Waals surface area contributed by atoms with Crippen LogP contribution in [0.5, 0.6) is 0 Å². The second-order valence-electron chi connectivity index (χ2n) is 8.28. The van der Waals surface area contributed by atoms with Crippen molar-refractivity contribution in [2.75, 3.05) is 5.73 Å². The summed E-state index contributed by atoms with van der Waals surface area (Å²) in [4.78, 5) is 47.4. The molecule has 2 aliphatic heterocycles. The van der Waals surface area contributed by atoms with Crippen LogP contribution in [0.1, 0.15) is 29.9 Å². The van der Waals surface area contributed by atoms with Crippen molar-refractivity contribution in [1.29, 1.82) is 0 Å². The average Bonchev–Trinajstić information content (AvgIpc) is 3.06. The number of thiazole rings is 1. The van der Waals surface area contributed by atoms with Crippen molar-refractivity contribution in [3.8, 4) is 0 Å². The van der Waals surface area contributed by atoms with Gasteiger partial charge in [-0.1, -0.05) is 5.16 Å². The first kappa shape index (κ1) is 24.0. The van der Waals surface area contributed by atoms with Crippen LogP contribution in [0.4, 0.5) is 5.13 Å². The predicted molar refractivity (Wildman–Crippen MR) is 118 cm³/mol. The molecule has 2 aromatic rings. The predicted octanol–water partition coefficient (Wildman–Crippen LogP) is -2.54. The normalized spacial score (nSPS) is 22.6. The third-order valence-electron chi connectivity index (χ3n) is 5.83. The summed E-state index contributed by atoms with van der Waals surface area (Å²) in [5.41, 5.74) is 4.87. The number of nitrogens with two attached hydrogens (primary N) is 1. The van der Waals surface area contributed by atoms with Crippen LogP contribution in [0.25, 0.3) is 0 Å². The molecule has 192 valence electrons. The van der Waals surface area contributed by atoms with Crippen molar-refractivity contribution >= 4 is 50.3 Å². The summed E-state index contributed by atoms with van der Waals surface area (Å²) in [5.74, 6) is -3.35. The summed E-state index contributed by atoms with van der Waals surface area (Å²) in [7, 11) is -4.94. The number of fused-ring (bicyclic) bond motifs is 1. The minimum absolute atomic E-state index is 0.0381. The van der Waals surface area contributed by atoms with Crippen LogP contribution >= 0.6 is 11.3 Å². The Morgan fingerprint density at radius 2 is 2.00 bits per heavy atom. The Hall–Kier alpha value is -3.68. The lowest BCUT2D eigenvalue weighted by Crippen LogP contribution is -2.73. The minimum atomic E-state index is -4.94. The Morgan fingerprint density at radius 3 is 2.53 bits per heavy atom. The Bertz CT molecular complexity index is 1370. The summed E-state index contributed by atoms with van der Waals surface area (Å²) < 4.78 is 33.4. The number of anilines is 1. The summed E-state index contributed by atoms with van der Waals surface area (Å²) >= 11 is 0.983. The Kier molecular flexibility index (Phi) is 5.65. The maximum atomic E-state index is 13.1. The quantitative estimate of drug-likeness (QED) is 0.0951. The maximum absolute atomic E-state index is 13.1. The monoisotopic (exact) mass is 541 g/mol. The van der Waals surface area contributed by atoms with Crippen LogP contribution in [0, 0.1) is 0 Å². The lowest BCUT2D eigenvalue weighted by Gasteiger charge is -2.43. The number of carbonyl (C=O) groups is 3. The molecule has 3 aliphatic rings. The standard InChI is InChI=1S/C17H19N9O8S2/c18-16-20-9(6-35-16)11(24-34-17(1-2-17)15(29)30)13(27)21-12-10(26(14(12)28)36(31,32)33)5-25-22-7-3-19-4-8(7)23-25/h6,10,12,19H,1-5H2,(H2,18,20)(H,21,27)(H,29,30)(H,31,32,33)/b24-11-/t10-,12?/m0/s1. The van der Waals surface area contributed by atoms with Gasteiger partial charge in [0, 0.05) is 31.3 Å². The van der Waals surface area contributed by atoms with Crippen molar-refractivity contribution in [2.45, 2.75) is 50.2 Å². The molecule has 0 bridgehead atoms. The van der Waals surface area contributed by atoms with E-state index in [1.54, 1.807) is 0 Å². The topological polar surface area (TPSA) is 244 Å². The summed E-state index contributed by atoms with van der Waals surface area (Å²) in [5, 5.41) is 28.3. The second-order valence-corrected chi connectivity index (χ2v) is 10.5. The van der Waals surface area contributed by atoms with E-state index >= 15 is 0 Å². The highest BCUT2D eigenvalue weighted by atomic mass is 32.2. The number of nitrogens with zero attached hydrogens (tertiary/aromatic N) is 6. The molecular weight excluding hydrogens is 522 g/mol. The Balaban J connectivity index is 1.39. The number of carboxylic acid groups (broad SMARTS) is 1. The number of carbonyl (C=O) groups excluding carboxylic acids is 2. The van der Waals surface area contributed by atoms with Crippen molar-refractivity contribution in [2.24, 2.45) is 5.16 Å². The molecule has 0 aromatic carbocycles. The number of aliphatic carboxylic acids is 1. The molecule has 2 fully saturated rings. The number of hydrogen-bond donors (Lipinski definition) is 5. The first-order chi connectivity index (χ1) is 17.0. The van der Waals surface area contributed by atoms with Gasteiger partial charge in [-0.25, -0.2) is 14.1 Å². The fourth-order valence-corrected chi connectivity index (χ4v) is 5.20. The zero-order valence-corrected chi connectivity index (χ0v) is 19.8. The zero-order chi connectivity index (χ0) is 25.8. The van der Waals surface area contributed by atoms with Gasteiger partial charge in [0.15, 0.2) is 10.8 Å². The fourth-order valence-electron chi connectivity index (χ4n) is 3.78. The molecule has 36 heavy (non-hydrogen) atoms. The highest BCUT2D eigenvalue weighted by Crippen LogP contribution is 2.40. The molecule has 6 N–H and O–H groups in total. The van der Waals surface area contributed by atoms with Crippen molar-refractivity contribution in [1.82, 2.24) is 34.9 Å². The molecular formula is C17H19N9O8S2. The molecule has 1 aliphatic carbocycles. The third kappa shape index (κ3) is 4.25. The van der Waals surface area contributed by atoms with Crippen LogP contribution in [-0.4, -0.2) is 83.5 Å². The molecule has 17 nitrogen and oxygen atoms in total. The third-order valence-corrected chi connectivity index (χ3v) is 7.45. The molecule has 19 heteroatoms. The van der Waals surface area contributed by atoms with Crippen LogP contribution in [0.15, 0.2) is 10.5 Å². The highest BCUT2D eigenvalue weighted by molar-refractivity contribution is 7.84. The van der Waals surface area contributed by atoms with E-state index in [1.165, 1.54) is 10.2 Å². The van der Waals surface area contributed by atoms with Crippen molar-refractivity contribution in [3.63, 3.8) is 0 Å². The number of carboxylic acids is 1. The van der Waals surface area contributed by atoms with Crippen LogP contribution in [0.3, 0.4) is 0 Å². The van der Waals surface area contributed by atoms with Gasteiger partial charge in [-0.3, -0.25) is 14.1 Å². The Labute approximate surface area is 206 Å². The second kappa shape index (κ2) is 8.47. The summed E-state index contributed by atoms with van der Waals surface area (Å²) in [6.45, 7) is 0.684. The number of rotatable bonds is 9. The largest absolute Gasteiger partial charge is 0.478 e. The van der Waals surface area contributed by atoms with E-state index in [9.17, 15) is 32.5 Å². The van der Waals surface area contributed by atoms with E-state index in [0.717, 1.165) is 11.3 Å². The van der Waals surface area contributed by atoms with E-state index < -0.39 is 51.5 Å². The van der Waals surface area contributed by atoms with Gasteiger partial charge in [0.2, 0.25) is 5.60 Å². The molecule has 2 atom stereocenters. The van der Waals surface area contributed by atoms with Gasteiger partial charge < -0.3 is 26.3 Å². The summed E-state index contributed by atoms with van der Waals surface area (Å²) in [6, 6.07) is -2.66. The molecule has 2 aromatic heterocycles. The fraction of sp³-hybridized carbons (Fsp3) is 0.471. The lowest BCUT2D eigenvalue weighted by molar-refractivity contribution is -0.153. The van der Waals surface area contributed by atoms with Crippen LogP contribution < -0.4 is 16.4 Å². The van der Waals surface area contributed by atoms with E-state index in [-0.39, 0.29) is 34.5 Å². The van der Waals surface area contributed by atoms with Gasteiger partial charge in [0.05, 0.1) is 6.54 Å². The molecule has 1 unspecified atom stereocenters. The van der Waals surface area contributed by atoms with E-state index in [0.29, 0.717) is 24.5 Å². The number of nitrogen functional groups attached to an aromatic ring is 1. The maximum Gasteiger partial charge on any atom is 0.362 e. The van der Waals surface area contributed by atoms with Gasteiger partial charge in [-0.05, 0) is 0 Å². The van der Waals surface area contributed by atoms with E-state index in [4.69, 9.17) is 10.6 Å². The highest BCUT2D eigenvalue weighted by Gasteiger charge is 2.56. The SMILES string of the molecule is Nc1nc(/C(=N/OC2(C(=O)O)CC2)C(=O)NC2C(=O)N(S(=O)(=O)O)[C@H]2Cn2nc3c(n2)CNC3)cs1. The molecule has 0 radical (unpaired) electrons. The molecule has 5 rings (SSSR count). The van der Waals surface area contributed by atoms with Gasteiger partial charge in [-0.15, -0.1) is 11.3 Å². The van der Waals surface area contributed by atoms with Gasteiger partial charge in [0.1, 0.15) is 29.2 Å². The molecule has 0 spiro atoms. The van der Waals surface area contributed by atoms with Crippen LogP contribution in [0.2, 0.25) is 0 Å².